The van der Waals surface area contributed by atoms with Crippen LogP contribution in [-0.4, -0.2) is 232 Å². The van der Waals surface area contributed by atoms with Gasteiger partial charge in [-0.2, -0.15) is 13.2 Å². The largest absolute Gasteiger partial charge is 0.393 e. The van der Waals surface area contributed by atoms with Gasteiger partial charge in [0.2, 0.25) is 65.0 Å². The molecule has 4 N–H and O–H groups in total. The van der Waals surface area contributed by atoms with Crippen molar-refractivity contribution in [2.75, 3.05) is 61.9 Å². The van der Waals surface area contributed by atoms with Crippen molar-refractivity contribution in [1.82, 2.24) is 55.6 Å². The second-order valence-electron chi connectivity index (χ2n) is 29.3. The topological polar surface area (TPSA) is 259 Å². The molecule has 0 aromatic carbocycles. The Balaban J connectivity index is 1.57. The molecule has 2 heterocycles. The highest BCUT2D eigenvalue weighted by Gasteiger charge is 2.50. The summed E-state index contributed by atoms with van der Waals surface area (Å²) in [5, 5.41) is 10.4. The average molecular weight is 1370 g/mol. The molecule has 12 atom stereocenters. The lowest BCUT2D eigenvalue weighted by molar-refractivity contribution is -0.182. The molecule has 0 aromatic rings. The van der Waals surface area contributed by atoms with E-state index in [0.29, 0.717) is 44.9 Å². The third-order valence-corrected chi connectivity index (χ3v) is 21.5. The summed E-state index contributed by atoms with van der Waals surface area (Å²) in [6, 6.07) is -8.87. The molecule has 5 aliphatic rings. The monoisotopic (exact) mass is 1370 g/mol. The van der Waals surface area contributed by atoms with Crippen LogP contribution in [0, 0.1) is 41.4 Å². The fraction of sp³-hybridized carbons (Fsp3) is 0.836. The zero-order valence-corrected chi connectivity index (χ0v) is 59.9. The van der Waals surface area contributed by atoms with Crippen LogP contribution in [0.5, 0.6) is 0 Å². The number of alkyl halides is 5. The van der Waals surface area contributed by atoms with Crippen molar-refractivity contribution in [3.05, 3.63) is 0 Å². The fourth-order valence-corrected chi connectivity index (χ4v) is 15.2. The van der Waals surface area contributed by atoms with E-state index in [9.17, 15) is 51.5 Å². The van der Waals surface area contributed by atoms with Crippen molar-refractivity contribution in [1.29, 1.82) is 0 Å². The molecule has 22 nitrogen and oxygen atoms in total. The van der Waals surface area contributed by atoms with Crippen LogP contribution in [0.4, 0.5) is 13.2 Å². The molecule has 94 heavy (non-hydrogen) atoms. The number of carbonyl (C=O) groups is 11. The zero-order valence-electron chi connectivity index (χ0n) is 58.4. The Labute approximate surface area is 565 Å². The van der Waals surface area contributed by atoms with Gasteiger partial charge in [0.15, 0.2) is 0 Å². The van der Waals surface area contributed by atoms with Crippen molar-refractivity contribution in [2.24, 2.45) is 41.4 Å². The summed E-state index contributed by atoms with van der Waals surface area (Å²) in [7, 11) is 8.66. The maximum absolute atomic E-state index is 15.2. The molecule has 1 spiro atoms. The molecule has 534 valence electrons. The van der Waals surface area contributed by atoms with E-state index in [0.717, 1.165) is 4.90 Å². The number of nitrogens with zero attached hydrogens (tertiary/aromatic N) is 7. The quantitative estimate of drug-likeness (QED) is 0.154. The molecular weight excluding hydrogens is 1260 g/mol. The molecule has 5 rings (SSSR count). The first-order valence-electron chi connectivity index (χ1n) is 34.3. The number of hydrogen-bond acceptors (Lipinski definition) is 11. The maximum atomic E-state index is 15.2. The summed E-state index contributed by atoms with van der Waals surface area (Å²) in [6.07, 6.45) is 0.549. The molecule has 3 aliphatic carbocycles. The number of nitrogens with one attached hydrogen (secondary N) is 4. The maximum Gasteiger partial charge on any atom is 0.393 e. The first-order valence-corrected chi connectivity index (χ1v) is 35.1. The van der Waals surface area contributed by atoms with Crippen LogP contribution in [-0.2, 0) is 52.7 Å². The number of carbonyl (C=O) groups excluding carboxylic acids is 11. The van der Waals surface area contributed by atoms with Gasteiger partial charge >= 0.3 is 6.18 Å². The van der Waals surface area contributed by atoms with Gasteiger partial charge < -0.3 is 55.6 Å². The van der Waals surface area contributed by atoms with Gasteiger partial charge in [0.25, 0.3) is 0 Å². The Bertz CT molecular complexity index is 2680. The summed E-state index contributed by atoms with van der Waals surface area (Å²) in [5.74, 6) is -10.0. The van der Waals surface area contributed by atoms with Crippen LogP contribution in [0.3, 0.4) is 0 Å². The molecule has 2 aliphatic heterocycles. The van der Waals surface area contributed by atoms with E-state index >= 15 is 14.4 Å². The molecule has 0 aromatic heterocycles. The van der Waals surface area contributed by atoms with Gasteiger partial charge in [0, 0.05) is 72.0 Å². The molecule has 27 heteroatoms. The van der Waals surface area contributed by atoms with Gasteiger partial charge in [-0.1, -0.05) is 74.7 Å². The number of likely N-dealkylation sites (N-methyl/N-ethyl adjacent to an activating group) is 6. The third kappa shape index (κ3) is 20.5. The van der Waals surface area contributed by atoms with Gasteiger partial charge in [-0.05, 0) is 139 Å². The lowest BCUT2D eigenvalue weighted by Gasteiger charge is -2.44. The normalized spacial score (nSPS) is 31.2. The number of halogens is 5. The summed E-state index contributed by atoms with van der Waals surface area (Å²) < 4.78 is 41.9. The van der Waals surface area contributed by atoms with E-state index < -0.39 is 161 Å². The molecule has 5 fully saturated rings. The van der Waals surface area contributed by atoms with Crippen LogP contribution in [0.15, 0.2) is 0 Å². The van der Waals surface area contributed by atoms with Crippen molar-refractivity contribution in [3.63, 3.8) is 0 Å². The number of hydrogen-bond donors (Lipinski definition) is 4. The van der Waals surface area contributed by atoms with Gasteiger partial charge in [-0.25, -0.2) is 0 Å². The Morgan fingerprint density at radius 3 is 1.69 bits per heavy atom. The minimum atomic E-state index is -4.51. The SMILES string of the molecule is CC[C@H](C)[C@@H]1NC(=O)[C@H](C(C)C)N(C)C(=O)C[C@@H](C)NC(=O)[C@H](CC(C)C)N(C)C(=O)C2(CCCC2)NC(=O)[C@H](CC(C)C)N(C)C(=O)[C@H](CCC2CCC(C(F)(F)F)C(Cl)C2)NC(=O)CN(C)C(=O)[C@H](CC2CCC(Cl)CC2)N(C)C(=O)[C@@H]2CCN2C(=O)CN(C)C1=O. The zero-order chi connectivity index (χ0) is 70.6. The molecule has 11 amide bonds. The van der Waals surface area contributed by atoms with Crippen molar-refractivity contribution in [3.8, 4) is 0 Å². The highest BCUT2D eigenvalue weighted by atomic mass is 35.5. The summed E-state index contributed by atoms with van der Waals surface area (Å²) in [5.41, 5.74) is -1.52. The van der Waals surface area contributed by atoms with Crippen LogP contribution < -0.4 is 21.3 Å². The Kier molecular flexibility index (Phi) is 29.2. The Morgan fingerprint density at radius 2 is 1.16 bits per heavy atom. The Morgan fingerprint density at radius 1 is 0.596 bits per heavy atom. The van der Waals surface area contributed by atoms with E-state index in [2.05, 4.69) is 21.3 Å². The fourth-order valence-electron chi connectivity index (χ4n) is 14.5. The first-order chi connectivity index (χ1) is 43.8. The smallest absolute Gasteiger partial charge is 0.351 e. The highest BCUT2D eigenvalue weighted by Crippen LogP contribution is 2.44. The van der Waals surface area contributed by atoms with E-state index in [1.54, 1.807) is 27.7 Å². The lowest BCUT2D eigenvalue weighted by Crippen LogP contribution is -2.64. The Hall–Kier alpha value is -5.46. The number of fused-ring (bicyclic) bond motifs is 1. The predicted octanol–water partition coefficient (Wildman–Crippen LogP) is 6.47. The summed E-state index contributed by atoms with van der Waals surface area (Å²) in [4.78, 5) is 170. The molecular formula is C67H110Cl2F3N11O11. The van der Waals surface area contributed by atoms with Crippen LogP contribution in [0.1, 0.15) is 184 Å². The first kappa shape index (κ1) is 79.2. The molecule has 3 unspecified atom stereocenters. The van der Waals surface area contributed by atoms with Crippen LogP contribution in [0.25, 0.3) is 0 Å². The van der Waals surface area contributed by atoms with E-state index in [4.69, 9.17) is 23.2 Å². The third-order valence-electron chi connectivity index (χ3n) is 20.5. The minimum absolute atomic E-state index is 0.00518. The minimum Gasteiger partial charge on any atom is -0.351 e. The van der Waals surface area contributed by atoms with Gasteiger partial charge in [-0.3, -0.25) is 52.7 Å². The van der Waals surface area contributed by atoms with Crippen molar-refractivity contribution >= 4 is 88.2 Å². The van der Waals surface area contributed by atoms with Gasteiger partial charge in [-0.15, -0.1) is 23.2 Å². The standard InChI is InChI=1S/C67H110Cl2F3N11O11/c1-16-41(8)56-64(93)78(11)37-55(86)83-30-27-49(83)63(92)80(13)52(35-44-19-23-45(68)24-20-44)62(91)77(10)36-53(84)74-48(26-22-43-21-25-46(47(69)34-43)67(70,71)72)61(90)79(12)51(32-39(4)5)59(88)76-66(28-17-18-29-66)65(94)81(14)50(31-38(2)3)58(87)73-42(9)33-54(85)82(15)57(40(6)7)60(89)75-56/h38-52,56-57H,16-37H2,1-15H3,(H,73,87)(H,74,84)(H,75,89)(H,76,88)/t41-,42+,43?,44?,45?,46?,47?,48-,49-,50-,51-,52-,56-,57-/m0/s1. The van der Waals surface area contributed by atoms with Crippen molar-refractivity contribution < 1.29 is 65.9 Å². The van der Waals surface area contributed by atoms with E-state index in [-0.39, 0.29) is 113 Å². The number of amides is 11. The second kappa shape index (κ2) is 34.7. The molecule has 2 saturated heterocycles. The molecule has 0 radical (unpaired) electrons. The molecule has 3 saturated carbocycles. The summed E-state index contributed by atoms with van der Waals surface area (Å²) >= 11 is 12.9. The van der Waals surface area contributed by atoms with Gasteiger partial charge in [0.1, 0.15) is 47.8 Å². The lowest BCUT2D eigenvalue weighted by atomic mass is 9.78. The van der Waals surface area contributed by atoms with Crippen molar-refractivity contribution in [2.45, 2.75) is 255 Å². The highest BCUT2D eigenvalue weighted by molar-refractivity contribution is 6.21. The van der Waals surface area contributed by atoms with E-state index in [1.807, 2.05) is 34.6 Å². The second-order valence-corrected chi connectivity index (χ2v) is 30.4. The van der Waals surface area contributed by atoms with E-state index in [1.165, 1.54) is 71.7 Å². The summed E-state index contributed by atoms with van der Waals surface area (Å²) in [6.45, 7) is 15.3. The molecule has 0 bridgehead atoms. The van der Waals surface area contributed by atoms with Crippen LogP contribution in [0.2, 0.25) is 0 Å². The van der Waals surface area contributed by atoms with Crippen LogP contribution >= 0.6 is 23.2 Å². The van der Waals surface area contributed by atoms with Gasteiger partial charge in [0.05, 0.1) is 19.0 Å². The predicted molar refractivity (Wildman–Crippen MR) is 352 cm³/mol. The number of rotatable bonds is 12. The average Bonchev–Trinajstić information content (AvgIpc) is 1.23.